The van der Waals surface area contributed by atoms with Crippen LogP contribution in [-0.2, 0) is 0 Å². The number of nitrogens with zero attached hydrogens (tertiary/aromatic N) is 3. The molecule has 0 unspecified atom stereocenters. The lowest BCUT2D eigenvalue weighted by atomic mass is 10.2. The maximum absolute atomic E-state index is 6.09. The van der Waals surface area contributed by atoms with Crippen molar-refractivity contribution in [1.82, 2.24) is 14.8 Å². The number of methoxy groups -OCH3 is 1. The van der Waals surface area contributed by atoms with Gasteiger partial charge < -0.3 is 4.74 Å². The highest BCUT2D eigenvalue weighted by atomic mass is 79.9. The summed E-state index contributed by atoms with van der Waals surface area (Å²) in [6.45, 7) is 4.10. The minimum atomic E-state index is 0.242. The standard InChI is InChI=1S/C12H13BrClN3O/c1-7(2)11-15-16-12(14)17(11)8-4-5-10(18-3)9(13)6-8/h4-7H,1-3H3. The molecule has 18 heavy (non-hydrogen) atoms. The molecule has 0 bridgehead atoms. The Morgan fingerprint density at radius 3 is 2.61 bits per heavy atom. The predicted octanol–water partition coefficient (Wildman–Crippen LogP) is 3.82. The Kier molecular flexibility index (Phi) is 3.92. The van der Waals surface area contributed by atoms with Gasteiger partial charge in [-0.15, -0.1) is 10.2 Å². The largest absolute Gasteiger partial charge is 0.496 e. The highest BCUT2D eigenvalue weighted by Crippen LogP contribution is 2.29. The zero-order valence-corrected chi connectivity index (χ0v) is 12.7. The average Bonchev–Trinajstić information content (AvgIpc) is 2.71. The van der Waals surface area contributed by atoms with E-state index in [0.717, 1.165) is 21.7 Å². The van der Waals surface area contributed by atoms with Crippen LogP contribution in [0.1, 0.15) is 25.6 Å². The summed E-state index contributed by atoms with van der Waals surface area (Å²) in [7, 11) is 1.63. The van der Waals surface area contributed by atoms with E-state index in [9.17, 15) is 0 Å². The van der Waals surface area contributed by atoms with E-state index >= 15 is 0 Å². The van der Waals surface area contributed by atoms with Crippen LogP contribution in [0.5, 0.6) is 5.75 Å². The van der Waals surface area contributed by atoms with E-state index < -0.39 is 0 Å². The Morgan fingerprint density at radius 2 is 2.06 bits per heavy atom. The van der Waals surface area contributed by atoms with Gasteiger partial charge in [-0.1, -0.05) is 13.8 Å². The first-order valence-electron chi connectivity index (χ1n) is 5.49. The van der Waals surface area contributed by atoms with Gasteiger partial charge >= 0.3 is 0 Å². The fourth-order valence-electron chi connectivity index (χ4n) is 1.68. The summed E-state index contributed by atoms with van der Waals surface area (Å²) in [6.07, 6.45) is 0. The first-order chi connectivity index (χ1) is 8.54. The second-order valence-electron chi connectivity index (χ2n) is 4.14. The summed E-state index contributed by atoms with van der Waals surface area (Å²) in [6, 6.07) is 5.73. The molecular formula is C12H13BrClN3O. The van der Waals surface area contributed by atoms with Crippen LogP contribution in [0.15, 0.2) is 22.7 Å². The summed E-state index contributed by atoms with van der Waals surface area (Å²) in [5.74, 6) is 1.84. The van der Waals surface area contributed by atoms with Crippen molar-refractivity contribution in [3.8, 4) is 11.4 Å². The molecular weight excluding hydrogens is 318 g/mol. The number of benzene rings is 1. The zero-order valence-electron chi connectivity index (χ0n) is 10.3. The second-order valence-corrected chi connectivity index (χ2v) is 5.33. The van der Waals surface area contributed by atoms with E-state index in [1.807, 2.05) is 22.8 Å². The van der Waals surface area contributed by atoms with E-state index in [1.54, 1.807) is 7.11 Å². The van der Waals surface area contributed by atoms with Crippen molar-refractivity contribution in [1.29, 1.82) is 0 Å². The maximum Gasteiger partial charge on any atom is 0.229 e. The van der Waals surface area contributed by atoms with Gasteiger partial charge in [0.05, 0.1) is 17.3 Å². The normalized spacial score (nSPS) is 11.0. The van der Waals surface area contributed by atoms with Crippen LogP contribution < -0.4 is 4.74 Å². The molecule has 2 aromatic rings. The highest BCUT2D eigenvalue weighted by Gasteiger charge is 2.15. The Balaban J connectivity index is 2.55. The van der Waals surface area contributed by atoms with Crippen LogP contribution in [0, 0.1) is 0 Å². The molecule has 6 heteroatoms. The predicted molar refractivity (Wildman–Crippen MR) is 74.7 cm³/mol. The Morgan fingerprint density at radius 1 is 1.33 bits per heavy atom. The fraction of sp³-hybridized carbons (Fsp3) is 0.333. The lowest BCUT2D eigenvalue weighted by Gasteiger charge is -2.11. The molecule has 0 aliphatic heterocycles. The Bertz CT molecular complexity index is 568. The highest BCUT2D eigenvalue weighted by molar-refractivity contribution is 9.10. The van der Waals surface area contributed by atoms with Gasteiger partial charge in [-0.25, -0.2) is 0 Å². The van der Waals surface area contributed by atoms with Crippen LogP contribution in [0.4, 0.5) is 0 Å². The molecule has 0 fully saturated rings. The molecule has 0 N–H and O–H groups in total. The van der Waals surface area contributed by atoms with Crippen molar-refractivity contribution in [3.05, 3.63) is 33.8 Å². The molecule has 0 aliphatic rings. The van der Waals surface area contributed by atoms with Crippen LogP contribution in [-0.4, -0.2) is 21.9 Å². The van der Waals surface area contributed by atoms with Crippen molar-refractivity contribution >= 4 is 27.5 Å². The average molecular weight is 331 g/mol. The molecule has 0 atom stereocenters. The molecule has 2 rings (SSSR count). The molecule has 0 aliphatic carbocycles. The molecule has 0 spiro atoms. The van der Waals surface area contributed by atoms with Crippen molar-refractivity contribution in [2.24, 2.45) is 0 Å². The number of halogens is 2. The number of rotatable bonds is 3. The molecule has 4 nitrogen and oxygen atoms in total. The number of aromatic nitrogens is 3. The first kappa shape index (κ1) is 13.4. The van der Waals surface area contributed by atoms with Crippen molar-refractivity contribution in [2.45, 2.75) is 19.8 Å². The second kappa shape index (κ2) is 5.28. The lowest BCUT2D eigenvalue weighted by Crippen LogP contribution is -2.03. The van der Waals surface area contributed by atoms with E-state index in [4.69, 9.17) is 16.3 Å². The summed E-state index contributed by atoms with van der Waals surface area (Å²) >= 11 is 9.55. The zero-order chi connectivity index (χ0) is 13.3. The van der Waals surface area contributed by atoms with Crippen LogP contribution in [0.3, 0.4) is 0 Å². The topological polar surface area (TPSA) is 39.9 Å². The molecule has 1 aromatic carbocycles. The van der Waals surface area contributed by atoms with Gasteiger partial charge in [-0.2, -0.15) is 0 Å². The summed E-state index contributed by atoms with van der Waals surface area (Å²) in [4.78, 5) is 0. The van der Waals surface area contributed by atoms with Crippen LogP contribution in [0.25, 0.3) is 5.69 Å². The Hall–Kier alpha value is -1.07. The quantitative estimate of drug-likeness (QED) is 0.859. The number of ether oxygens (including phenoxy) is 1. The molecule has 1 heterocycles. The molecule has 0 saturated heterocycles. The van der Waals surface area contributed by atoms with Gasteiger partial charge in [0, 0.05) is 5.92 Å². The minimum Gasteiger partial charge on any atom is -0.496 e. The SMILES string of the molecule is COc1ccc(-n2c(Cl)nnc2C(C)C)cc1Br. The summed E-state index contributed by atoms with van der Waals surface area (Å²) in [5.41, 5.74) is 0.904. The van der Waals surface area contributed by atoms with E-state index in [0.29, 0.717) is 5.28 Å². The number of hydrogen-bond donors (Lipinski definition) is 0. The third kappa shape index (κ3) is 2.37. The smallest absolute Gasteiger partial charge is 0.229 e. The molecule has 0 saturated carbocycles. The van der Waals surface area contributed by atoms with Gasteiger partial charge in [0.15, 0.2) is 0 Å². The monoisotopic (exact) mass is 329 g/mol. The third-order valence-electron chi connectivity index (χ3n) is 2.56. The van der Waals surface area contributed by atoms with Crippen LogP contribution >= 0.6 is 27.5 Å². The van der Waals surface area contributed by atoms with Crippen molar-refractivity contribution in [3.63, 3.8) is 0 Å². The van der Waals surface area contributed by atoms with Gasteiger partial charge in [0.25, 0.3) is 0 Å². The van der Waals surface area contributed by atoms with Crippen molar-refractivity contribution < 1.29 is 4.74 Å². The molecule has 1 aromatic heterocycles. The van der Waals surface area contributed by atoms with Gasteiger partial charge in [0.2, 0.25) is 5.28 Å². The number of hydrogen-bond acceptors (Lipinski definition) is 3. The van der Waals surface area contributed by atoms with Gasteiger partial charge in [0.1, 0.15) is 11.6 Å². The lowest BCUT2D eigenvalue weighted by molar-refractivity contribution is 0.412. The minimum absolute atomic E-state index is 0.242. The third-order valence-corrected chi connectivity index (χ3v) is 3.42. The van der Waals surface area contributed by atoms with E-state index in [-0.39, 0.29) is 5.92 Å². The van der Waals surface area contributed by atoms with Gasteiger partial charge in [-0.05, 0) is 45.7 Å². The first-order valence-corrected chi connectivity index (χ1v) is 6.66. The fourth-order valence-corrected chi connectivity index (χ4v) is 2.43. The van der Waals surface area contributed by atoms with E-state index in [1.165, 1.54) is 0 Å². The molecule has 0 amide bonds. The summed E-state index contributed by atoms with van der Waals surface area (Å²) < 4.78 is 7.90. The van der Waals surface area contributed by atoms with E-state index in [2.05, 4.69) is 40.0 Å². The van der Waals surface area contributed by atoms with Gasteiger partial charge in [-0.3, -0.25) is 4.57 Å². The summed E-state index contributed by atoms with van der Waals surface area (Å²) in [5, 5.41) is 8.37. The van der Waals surface area contributed by atoms with Crippen LogP contribution in [0.2, 0.25) is 5.28 Å². The maximum atomic E-state index is 6.09. The Labute approximate surface area is 119 Å². The molecule has 0 radical (unpaired) electrons. The van der Waals surface area contributed by atoms with Crippen molar-refractivity contribution in [2.75, 3.05) is 7.11 Å². The molecule has 96 valence electrons.